The van der Waals surface area contributed by atoms with Gasteiger partial charge in [0.1, 0.15) is 5.58 Å². The number of furan rings is 1. The van der Waals surface area contributed by atoms with Crippen molar-refractivity contribution < 1.29 is 17.6 Å². The van der Waals surface area contributed by atoms with Gasteiger partial charge in [-0.15, -0.1) is 0 Å². The molecule has 4 rings (SSSR count). The van der Waals surface area contributed by atoms with Crippen molar-refractivity contribution in [2.45, 2.75) is 38.6 Å². The van der Waals surface area contributed by atoms with E-state index in [9.17, 15) is 13.2 Å². The highest BCUT2D eigenvalue weighted by atomic mass is 32.2. The van der Waals surface area contributed by atoms with E-state index in [0.717, 1.165) is 12.1 Å². The molecule has 0 radical (unpaired) electrons. The number of nitrogens with one attached hydrogen (secondary N) is 1. The van der Waals surface area contributed by atoms with Crippen LogP contribution in [0.5, 0.6) is 0 Å². The van der Waals surface area contributed by atoms with E-state index in [0.29, 0.717) is 41.5 Å². The van der Waals surface area contributed by atoms with Crippen LogP contribution in [0.3, 0.4) is 0 Å². The molecule has 8 heteroatoms. The predicted octanol–water partition coefficient (Wildman–Crippen LogP) is 3.73. The van der Waals surface area contributed by atoms with Crippen molar-refractivity contribution in [2.75, 3.05) is 13.1 Å². The van der Waals surface area contributed by atoms with Gasteiger partial charge in [0, 0.05) is 30.2 Å². The zero-order valence-electron chi connectivity index (χ0n) is 18.0. The maximum Gasteiger partial charge on any atom is 0.287 e. The highest BCUT2D eigenvalue weighted by Crippen LogP contribution is 2.31. The number of sulfonamides is 1. The molecule has 1 saturated heterocycles. The largest absolute Gasteiger partial charge is 0.451 e. The number of hydrogen-bond donors (Lipinski definition) is 1. The van der Waals surface area contributed by atoms with Crippen LogP contribution in [-0.4, -0.2) is 36.7 Å². The van der Waals surface area contributed by atoms with Crippen molar-refractivity contribution in [1.29, 1.82) is 0 Å². The van der Waals surface area contributed by atoms with E-state index in [1.165, 1.54) is 0 Å². The number of amides is 1. The number of aryl methyl sites for hydroxylation is 1. The number of hydrogen-bond acceptors (Lipinski definition) is 5. The third kappa shape index (κ3) is 4.36. The predicted molar refractivity (Wildman–Crippen MR) is 118 cm³/mol. The molecule has 0 saturated carbocycles. The maximum absolute atomic E-state index is 13.2. The second-order valence-electron chi connectivity index (χ2n) is 8.49. The first-order chi connectivity index (χ1) is 14.8. The van der Waals surface area contributed by atoms with Gasteiger partial charge in [-0.05, 0) is 55.5 Å². The molecule has 0 bridgehead atoms. The molecule has 1 N–H and O–H groups in total. The van der Waals surface area contributed by atoms with Crippen molar-refractivity contribution in [1.82, 2.24) is 14.6 Å². The van der Waals surface area contributed by atoms with Crippen LogP contribution in [0.2, 0.25) is 0 Å². The number of aromatic nitrogens is 1. The van der Waals surface area contributed by atoms with Crippen LogP contribution in [0, 0.1) is 18.8 Å². The van der Waals surface area contributed by atoms with Crippen LogP contribution in [0.4, 0.5) is 0 Å². The molecular formula is C23H27N3O4S. The number of fused-ring (bicyclic) bond motifs is 1. The Bertz CT molecular complexity index is 1190. The third-order valence-electron chi connectivity index (χ3n) is 5.74. The van der Waals surface area contributed by atoms with E-state index in [-0.39, 0.29) is 23.1 Å². The number of nitrogens with zero attached hydrogens (tertiary/aromatic N) is 2. The average molecular weight is 442 g/mol. The summed E-state index contributed by atoms with van der Waals surface area (Å²) in [6, 6.07) is 10.3. The number of piperidine rings is 1. The zero-order chi connectivity index (χ0) is 22.2. The Morgan fingerprint density at radius 1 is 1.19 bits per heavy atom. The smallest absolute Gasteiger partial charge is 0.287 e. The average Bonchev–Trinajstić information content (AvgIpc) is 3.08. The number of benzene rings is 1. The van der Waals surface area contributed by atoms with E-state index < -0.39 is 10.0 Å². The third-order valence-corrected chi connectivity index (χ3v) is 7.57. The molecule has 1 aliphatic heterocycles. The van der Waals surface area contributed by atoms with Gasteiger partial charge in [-0.2, -0.15) is 4.31 Å². The number of pyridine rings is 1. The second-order valence-corrected chi connectivity index (χ2v) is 10.4. The fourth-order valence-electron chi connectivity index (χ4n) is 4.28. The minimum atomic E-state index is -3.61. The highest BCUT2D eigenvalue weighted by molar-refractivity contribution is 7.89. The first kappa shape index (κ1) is 21.5. The van der Waals surface area contributed by atoms with Gasteiger partial charge < -0.3 is 9.73 Å². The molecule has 2 atom stereocenters. The van der Waals surface area contributed by atoms with Crippen molar-refractivity contribution in [3.63, 3.8) is 0 Å². The van der Waals surface area contributed by atoms with Gasteiger partial charge in [0.05, 0.1) is 17.1 Å². The topological polar surface area (TPSA) is 92.5 Å². The van der Waals surface area contributed by atoms with Crippen molar-refractivity contribution in [2.24, 2.45) is 11.8 Å². The highest BCUT2D eigenvalue weighted by Gasteiger charge is 2.32. The van der Waals surface area contributed by atoms with Gasteiger partial charge in [0.2, 0.25) is 10.0 Å². The summed E-state index contributed by atoms with van der Waals surface area (Å²) in [6.07, 6.45) is 2.70. The van der Waals surface area contributed by atoms with Gasteiger partial charge in [-0.3, -0.25) is 9.78 Å². The van der Waals surface area contributed by atoms with E-state index in [4.69, 9.17) is 4.42 Å². The lowest BCUT2D eigenvalue weighted by Gasteiger charge is -2.34. The molecule has 31 heavy (non-hydrogen) atoms. The lowest BCUT2D eigenvalue weighted by atomic mass is 9.94. The van der Waals surface area contributed by atoms with Crippen molar-refractivity contribution >= 4 is 26.9 Å². The van der Waals surface area contributed by atoms with E-state index >= 15 is 0 Å². The fourth-order valence-corrected chi connectivity index (χ4v) is 5.99. The van der Waals surface area contributed by atoms with Crippen LogP contribution in [0.15, 0.2) is 51.9 Å². The van der Waals surface area contributed by atoms with E-state index in [2.05, 4.69) is 24.1 Å². The van der Waals surface area contributed by atoms with Crippen LogP contribution >= 0.6 is 0 Å². The zero-order valence-corrected chi connectivity index (χ0v) is 18.8. The van der Waals surface area contributed by atoms with Crippen LogP contribution in [-0.2, 0) is 16.6 Å². The quantitative estimate of drug-likeness (QED) is 0.651. The minimum Gasteiger partial charge on any atom is -0.451 e. The molecule has 164 valence electrons. The molecular weight excluding hydrogens is 414 g/mol. The fraction of sp³-hybridized carbons (Fsp3) is 0.391. The minimum absolute atomic E-state index is 0.181. The number of carbonyl (C=O) groups is 1. The lowest BCUT2D eigenvalue weighted by molar-refractivity contribution is 0.0924. The summed E-state index contributed by atoms with van der Waals surface area (Å²) in [5.74, 6) is 0.475. The normalized spacial score (nSPS) is 20.1. The molecule has 1 aromatic carbocycles. The summed E-state index contributed by atoms with van der Waals surface area (Å²) in [7, 11) is -3.61. The molecule has 2 aromatic heterocycles. The van der Waals surface area contributed by atoms with Crippen molar-refractivity contribution in [3.05, 3.63) is 59.6 Å². The Labute approximate surface area is 182 Å². The summed E-state index contributed by atoms with van der Waals surface area (Å²) in [5, 5.41) is 3.43. The summed E-state index contributed by atoms with van der Waals surface area (Å²) < 4.78 is 33.8. The van der Waals surface area contributed by atoms with Crippen LogP contribution < -0.4 is 5.32 Å². The maximum atomic E-state index is 13.2. The van der Waals surface area contributed by atoms with Gasteiger partial charge >= 0.3 is 0 Å². The summed E-state index contributed by atoms with van der Waals surface area (Å²) >= 11 is 0. The molecule has 1 amide bonds. The molecule has 0 spiro atoms. The van der Waals surface area contributed by atoms with Crippen molar-refractivity contribution in [3.8, 4) is 0 Å². The first-order valence-electron chi connectivity index (χ1n) is 10.5. The van der Waals surface area contributed by atoms with Gasteiger partial charge in [-0.25, -0.2) is 8.42 Å². The Morgan fingerprint density at radius 2 is 1.94 bits per heavy atom. The molecule has 7 nitrogen and oxygen atoms in total. The van der Waals surface area contributed by atoms with E-state index in [1.54, 1.807) is 35.6 Å². The molecule has 0 aliphatic carbocycles. The number of carbonyl (C=O) groups excluding carboxylic acids is 1. The summed E-state index contributed by atoms with van der Waals surface area (Å²) in [4.78, 5) is 17.1. The molecule has 0 unspecified atom stereocenters. The monoisotopic (exact) mass is 441 g/mol. The van der Waals surface area contributed by atoms with E-state index in [1.807, 2.05) is 18.2 Å². The van der Waals surface area contributed by atoms with Gasteiger partial charge in [-0.1, -0.05) is 19.9 Å². The van der Waals surface area contributed by atoms with Crippen LogP contribution in [0.25, 0.3) is 11.0 Å². The molecule has 1 fully saturated rings. The molecule has 3 heterocycles. The first-order valence-corrected chi connectivity index (χ1v) is 11.9. The lowest BCUT2D eigenvalue weighted by Crippen LogP contribution is -2.42. The summed E-state index contributed by atoms with van der Waals surface area (Å²) in [5.41, 5.74) is 1.84. The molecule has 1 aliphatic rings. The Balaban J connectivity index is 1.60. The van der Waals surface area contributed by atoms with Gasteiger partial charge in [0.25, 0.3) is 5.91 Å². The standard InChI is InChI=1S/C23H27N3O4S/c1-15-10-16(2)14-26(13-15)31(28,29)19-7-8-21-20(11-19)17(3)22(30-21)23(27)25-12-18-6-4-5-9-24-18/h4-9,11,15-16H,10,12-14H2,1-3H3,(H,25,27)/t15-,16+. The summed E-state index contributed by atoms with van der Waals surface area (Å²) in [6.45, 7) is 7.26. The Morgan fingerprint density at radius 3 is 2.61 bits per heavy atom. The molecule has 3 aromatic rings. The van der Waals surface area contributed by atoms with Gasteiger partial charge in [0.15, 0.2) is 5.76 Å². The second kappa shape index (κ2) is 8.43. The SMILES string of the molecule is Cc1c(C(=O)NCc2ccccn2)oc2ccc(S(=O)(=O)N3C[C@H](C)C[C@H](C)C3)cc12. The Kier molecular flexibility index (Phi) is 5.85. The number of rotatable bonds is 5. The van der Waals surface area contributed by atoms with Crippen LogP contribution in [0.1, 0.15) is 42.1 Å². The Hall–Kier alpha value is -2.71.